The number of thioether (sulfide) groups is 3. The van der Waals surface area contributed by atoms with Crippen LogP contribution in [0.15, 0.2) is 0 Å². The average Bonchev–Trinajstić information content (AvgIpc) is 2.37. The van der Waals surface area contributed by atoms with Crippen molar-refractivity contribution in [3.05, 3.63) is 0 Å². The molecule has 5 heteroatoms. The maximum Gasteiger partial charge on any atom is 0.0959 e. The molecule has 0 aliphatic rings. The third-order valence-electron chi connectivity index (χ3n) is 3.60. The summed E-state index contributed by atoms with van der Waals surface area (Å²) in [4.78, 5) is 0. The van der Waals surface area contributed by atoms with Gasteiger partial charge in [-0.05, 0) is 31.9 Å². The molecular formula is C16H28N2S3. The van der Waals surface area contributed by atoms with Crippen molar-refractivity contribution in [2.45, 2.75) is 56.6 Å². The number of hydrogen-bond acceptors (Lipinski definition) is 5. The van der Waals surface area contributed by atoms with Gasteiger partial charge in [0.2, 0.25) is 0 Å². The van der Waals surface area contributed by atoms with Crippen LogP contribution in [0.4, 0.5) is 0 Å². The zero-order valence-electron chi connectivity index (χ0n) is 14.3. The Labute approximate surface area is 143 Å². The first-order chi connectivity index (χ1) is 9.62. The predicted molar refractivity (Wildman–Crippen MR) is 99.4 cm³/mol. The zero-order chi connectivity index (χ0) is 16.7. The number of nitrogens with zero attached hydrogens (tertiary/aromatic N) is 2. The van der Waals surface area contributed by atoms with Gasteiger partial charge in [-0.15, -0.1) is 35.3 Å². The van der Waals surface area contributed by atoms with Gasteiger partial charge in [0.25, 0.3) is 0 Å². The van der Waals surface area contributed by atoms with Crippen LogP contribution >= 0.6 is 35.3 Å². The first-order valence-corrected chi connectivity index (χ1v) is 10.4. The van der Waals surface area contributed by atoms with Crippen molar-refractivity contribution in [3.63, 3.8) is 0 Å². The molecule has 0 spiro atoms. The van der Waals surface area contributed by atoms with Crippen LogP contribution in [0.1, 0.15) is 48.0 Å². The van der Waals surface area contributed by atoms with Crippen LogP contribution in [0.3, 0.4) is 0 Å². The highest BCUT2D eigenvalue weighted by molar-refractivity contribution is 8.32. The lowest BCUT2D eigenvalue weighted by Gasteiger charge is -2.32. The molecule has 0 aliphatic heterocycles. The summed E-state index contributed by atoms with van der Waals surface area (Å²) >= 11 is 5.51. The Morgan fingerprint density at radius 3 is 1.86 bits per heavy atom. The molecule has 0 aromatic heterocycles. The summed E-state index contributed by atoms with van der Waals surface area (Å²) in [5.74, 6) is 0.962. The van der Waals surface area contributed by atoms with Crippen LogP contribution in [-0.2, 0) is 0 Å². The monoisotopic (exact) mass is 344 g/mol. The molecule has 0 saturated carbocycles. The molecule has 0 heterocycles. The Morgan fingerprint density at radius 2 is 1.52 bits per heavy atom. The maximum absolute atomic E-state index is 9.32. The Bertz CT molecular complexity index is 388. The second-order valence-corrected chi connectivity index (χ2v) is 11.5. The van der Waals surface area contributed by atoms with Gasteiger partial charge in [0.15, 0.2) is 0 Å². The Morgan fingerprint density at radius 1 is 1.00 bits per heavy atom. The van der Waals surface area contributed by atoms with Gasteiger partial charge < -0.3 is 0 Å². The van der Waals surface area contributed by atoms with E-state index in [1.54, 1.807) is 11.8 Å². The molecule has 21 heavy (non-hydrogen) atoms. The predicted octanol–water partition coefficient (Wildman–Crippen LogP) is 5.61. The van der Waals surface area contributed by atoms with Gasteiger partial charge in [-0.3, -0.25) is 0 Å². The van der Waals surface area contributed by atoms with E-state index in [2.05, 4.69) is 59.9 Å². The molecule has 0 N–H and O–H groups in total. The second kappa shape index (κ2) is 9.23. The first kappa shape index (κ1) is 21.0. The molecule has 0 bridgehead atoms. The van der Waals surface area contributed by atoms with E-state index >= 15 is 0 Å². The van der Waals surface area contributed by atoms with Gasteiger partial charge in [-0.2, -0.15) is 10.5 Å². The Kier molecular flexibility index (Phi) is 9.25. The van der Waals surface area contributed by atoms with Crippen molar-refractivity contribution in [3.8, 4) is 12.1 Å². The fraction of sp³-hybridized carbons (Fsp3) is 0.875. The summed E-state index contributed by atoms with van der Waals surface area (Å²) in [5, 5.41) is 18.6. The summed E-state index contributed by atoms with van der Waals surface area (Å²) in [7, 11) is 0. The standard InChI is InChI=1S/C16H28N2S3/c1-8-12(9-17)16(5,6)21-14(19-7)20-11-13(10-18)15(2,3)4/h12-14H,8,11H2,1-7H3. The molecule has 2 nitrogen and oxygen atoms in total. The fourth-order valence-corrected chi connectivity index (χ4v) is 6.84. The lowest BCUT2D eigenvalue weighted by molar-refractivity contribution is 0.326. The highest BCUT2D eigenvalue weighted by Crippen LogP contribution is 2.45. The SMILES string of the molecule is CCC(C#N)C(C)(C)SC(SC)SCC(C#N)C(C)(C)C. The Balaban J connectivity index is 4.69. The molecule has 0 fully saturated rings. The smallest absolute Gasteiger partial charge is 0.0959 e. The van der Waals surface area contributed by atoms with Crippen LogP contribution in [-0.4, -0.2) is 20.7 Å². The molecule has 3 unspecified atom stereocenters. The van der Waals surface area contributed by atoms with Gasteiger partial charge in [-0.25, -0.2) is 0 Å². The van der Waals surface area contributed by atoms with E-state index in [1.165, 1.54) is 0 Å². The minimum atomic E-state index is -0.0615. The summed E-state index contributed by atoms with van der Waals surface area (Å²) in [5.41, 5.74) is 0.0174. The van der Waals surface area contributed by atoms with Crippen molar-refractivity contribution in [2.24, 2.45) is 17.3 Å². The van der Waals surface area contributed by atoms with Crippen LogP contribution in [0.2, 0.25) is 0 Å². The summed E-state index contributed by atoms with van der Waals surface area (Å²) < 4.78 is 0.300. The number of rotatable bonds is 8. The molecule has 0 aliphatic carbocycles. The van der Waals surface area contributed by atoms with Gasteiger partial charge in [-0.1, -0.05) is 27.7 Å². The highest BCUT2D eigenvalue weighted by atomic mass is 32.3. The number of hydrogen-bond donors (Lipinski definition) is 0. The molecule has 0 radical (unpaired) electrons. The van der Waals surface area contributed by atoms with E-state index < -0.39 is 0 Å². The van der Waals surface area contributed by atoms with Crippen molar-refractivity contribution in [1.82, 2.24) is 0 Å². The molecule has 0 rings (SSSR count). The first-order valence-electron chi connectivity index (χ1n) is 7.23. The van der Waals surface area contributed by atoms with Crippen LogP contribution < -0.4 is 0 Å². The molecule has 0 aromatic carbocycles. The summed E-state index contributed by atoms with van der Waals surface area (Å²) in [6, 6.07) is 4.87. The largest absolute Gasteiger partial charge is 0.198 e. The topological polar surface area (TPSA) is 47.6 Å². The lowest BCUT2D eigenvalue weighted by Crippen LogP contribution is -2.28. The lowest BCUT2D eigenvalue weighted by atomic mass is 9.83. The van der Waals surface area contributed by atoms with Gasteiger partial charge >= 0.3 is 0 Å². The zero-order valence-corrected chi connectivity index (χ0v) is 16.7. The number of nitriles is 2. The summed E-state index contributed by atoms with van der Waals surface area (Å²) in [6.45, 7) is 12.7. The van der Waals surface area contributed by atoms with Crippen molar-refractivity contribution < 1.29 is 0 Å². The van der Waals surface area contributed by atoms with Gasteiger partial charge in [0.1, 0.15) is 0 Å². The van der Waals surface area contributed by atoms with Crippen LogP contribution in [0.25, 0.3) is 0 Å². The minimum Gasteiger partial charge on any atom is -0.198 e. The van der Waals surface area contributed by atoms with Crippen molar-refractivity contribution >= 4 is 35.3 Å². The second-order valence-electron chi connectivity index (χ2n) is 6.72. The van der Waals surface area contributed by atoms with E-state index in [-0.39, 0.29) is 22.0 Å². The molecule has 3 atom stereocenters. The third-order valence-corrected chi connectivity index (χ3v) is 8.41. The van der Waals surface area contributed by atoms with E-state index in [1.807, 2.05) is 23.5 Å². The van der Waals surface area contributed by atoms with Gasteiger partial charge in [0.05, 0.1) is 27.9 Å². The maximum atomic E-state index is 9.32. The molecular weight excluding hydrogens is 316 g/mol. The molecule has 0 aromatic rings. The van der Waals surface area contributed by atoms with E-state index in [0.29, 0.717) is 3.91 Å². The molecule has 0 amide bonds. The van der Waals surface area contributed by atoms with Crippen molar-refractivity contribution in [1.29, 1.82) is 10.5 Å². The minimum absolute atomic E-state index is 0.0174. The molecule has 120 valence electrons. The van der Waals surface area contributed by atoms with Gasteiger partial charge in [0, 0.05) is 10.5 Å². The van der Waals surface area contributed by atoms with E-state index in [9.17, 15) is 10.5 Å². The van der Waals surface area contributed by atoms with E-state index in [4.69, 9.17) is 0 Å². The Hall–Kier alpha value is 0.0300. The molecule has 0 saturated heterocycles. The third kappa shape index (κ3) is 7.22. The quantitative estimate of drug-likeness (QED) is 0.535. The van der Waals surface area contributed by atoms with E-state index in [0.717, 1.165) is 12.2 Å². The highest BCUT2D eigenvalue weighted by Gasteiger charge is 2.33. The normalized spacial score (nSPS) is 16.6. The van der Waals surface area contributed by atoms with Crippen LogP contribution in [0.5, 0.6) is 0 Å². The van der Waals surface area contributed by atoms with Crippen LogP contribution in [0, 0.1) is 39.9 Å². The summed E-state index contributed by atoms with van der Waals surface area (Å²) in [6.07, 6.45) is 2.98. The fourth-order valence-electron chi connectivity index (χ4n) is 1.87. The van der Waals surface area contributed by atoms with Crippen molar-refractivity contribution in [2.75, 3.05) is 12.0 Å². The average molecular weight is 345 g/mol.